The summed E-state index contributed by atoms with van der Waals surface area (Å²) < 4.78 is 5.58. The van der Waals surface area contributed by atoms with Crippen molar-refractivity contribution >= 4 is 35.4 Å². The Kier molecular flexibility index (Phi) is 15.2. The molecule has 4 rings (SSSR count). The minimum atomic E-state index is -0.572. The summed E-state index contributed by atoms with van der Waals surface area (Å²) in [7, 11) is 1.00. The van der Waals surface area contributed by atoms with E-state index in [1.54, 1.807) is 48.4 Å². The molecular weight excluding hydrogens is 576 g/mol. The molecule has 0 radical (unpaired) electrons. The number of carbonyl (C=O) groups is 4. The molecule has 0 aromatic heterocycles. The number of carbonyl (C=O) groups excluding carboxylic acids is 4. The molecule has 242 valence electrons. The number of aldehydes is 1. The van der Waals surface area contributed by atoms with Gasteiger partial charge in [0.25, 0.3) is 17.7 Å². The summed E-state index contributed by atoms with van der Waals surface area (Å²) in [5, 5.41) is 17.3. The van der Waals surface area contributed by atoms with E-state index in [-0.39, 0.29) is 35.8 Å². The van der Waals surface area contributed by atoms with Gasteiger partial charge in [0.2, 0.25) is 0 Å². The molecule has 0 aliphatic carbocycles. The maximum Gasteiger partial charge on any atom is 0.270 e. The lowest BCUT2D eigenvalue weighted by Gasteiger charge is -2.28. The number of rotatable bonds is 12. The molecule has 45 heavy (non-hydrogen) atoms. The summed E-state index contributed by atoms with van der Waals surface area (Å²) in [6, 6.07) is 5.01. The Balaban J connectivity index is 0.00000169. The molecule has 3 heterocycles. The van der Waals surface area contributed by atoms with Crippen LogP contribution < -0.4 is 26.1 Å². The third-order valence-electron chi connectivity index (χ3n) is 6.66. The fourth-order valence-electron chi connectivity index (χ4n) is 4.46. The van der Waals surface area contributed by atoms with E-state index in [1.165, 1.54) is 6.08 Å². The van der Waals surface area contributed by atoms with Crippen LogP contribution in [0.5, 0.6) is 5.75 Å². The van der Waals surface area contributed by atoms with Gasteiger partial charge in [0.15, 0.2) is 6.10 Å². The lowest BCUT2D eigenvalue weighted by atomic mass is 10.0. The van der Waals surface area contributed by atoms with Gasteiger partial charge < -0.3 is 30.6 Å². The summed E-state index contributed by atoms with van der Waals surface area (Å²) in [6.45, 7) is 12.0. The van der Waals surface area contributed by atoms with E-state index >= 15 is 0 Å². The van der Waals surface area contributed by atoms with E-state index in [0.29, 0.717) is 43.1 Å². The van der Waals surface area contributed by atoms with E-state index in [4.69, 9.17) is 9.84 Å². The van der Waals surface area contributed by atoms with Crippen molar-refractivity contribution in [3.8, 4) is 5.75 Å². The second kappa shape index (κ2) is 18.8. The van der Waals surface area contributed by atoms with Gasteiger partial charge in [0, 0.05) is 32.7 Å². The second-order valence-corrected chi connectivity index (χ2v) is 9.67. The number of nitrogens with zero attached hydrogens (tertiary/aromatic N) is 2. The molecule has 0 saturated heterocycles. The number of aliphatic hydroxyl groups excluding tert-OH is 1. The van der Waals surface area contributed by atoms with Gasteiger partial charge in [-0.25, -0.2) is 10.4 Å². The fourth-order valence-corrected chi connectivity index (χ4v) is 4.46. The van der Waals surface area contributed by atoms with Crippen molar-refractivity contribution < 1.29 is 29.0 Å². The van der Waals surface area contributed by atoms with Crippen LogP contribution in [0.4, 0.5) is 5.69 Å². The van der Waals surface area contributed by atoms with Crippen LogP contribution in [0.25, 0.3) is 0 Å². The molecule has 0 saturated carbocycles. The Bertz CT molecular complexity index is 1390. The van der Waals surface area contributed by atoms with Crippen molar-refractivity contribution in [1.29, 1.82) is 0 Å². The number of aliphatic imine (C=N–C) groups is 1. The number of amides is 3. The first-order chi connectivity index (χ1) is 21.8. The number of nitrogens with one attached hydrogen (secondary N) is 4. The second-order valence-electron chi connectivity index (χ2n) is 9.67. The predicted molar refractivity (Wildman–Crippen MR) is 175 cm³/mol. The smallest absolute Gasteiger partial charge is 0.270 e. The van der Waals surface area contributed by atoms with Crippen molar-refractivity contribution in [2.45, 2.75) is 65.6 Å². The van der Waals surface area contributed by atoms with E-state index in [0.717, 1.165) is 24.5 Å². The summed E-state index contributed by atoms with van der Waals surface area (Å²) in [4.78, 5) is 53.6. The number of anilines is 1. The van der Waals surface area contributed by atoms with Gasteiger partial charge >= 0.3 is 0 Å². The highest BCUT2D eigenvalue weighted by Crippen LogP contribution is 2.30. The van der Waals surface area contributed by atoms with Crippen LogP contribution in [0, 0.1) is 0 Å². The molecule has 12 nitrogen and oxygen atoms in total. The summed E-state index contributed by atoms with van der Waals surface area (Å²) >= 11 is 0. The number of hydrogen-bond acceptors (Lipinski definition) is 9. The van der Waals surface area contributed by atoms with Crippen molar-refractivity contribution in [2.75, 3.05) is 19.0 Å². The van der Waals surface area contributed by atoms with Gasteiger partial charge in [-0.15, -0.1) is 0 Å². The molecule has 3 aliphatic rings. The molecule has 0 fully saturated rings. The Morgan fingerprint density at radius 1 is 1.24 bits per heavy atom. The first-order valence-electron chi connectivity index (χ1n) is 14.9. The summed E-state index contributed by atoms with van der Waals surface area (Å²) in [6.07, 6.45) is 12.4. The van der Waals surface area contributed by atoms with Gasteiger partial charge in [-0.3, -0.25) is 19.4 Å². The summed E-state index contributed by atoms with van der Waals surface area (Å²) in [5.41, 5.74) is 5.64. The topological polar surface area (TPSA) is 161 Å². The first kappa shape index (κ1) is 36.4. The molecule has 0 bridgehead atoms. The average Bonchev–Trinajstić information content (AvgIpc) is 3.54. The maximum absolute atomic E-state index is 13.5. The maximum atomic E-state index is 13.5. The van der Waals surface area contributed by atoms with Gasteiger partial charge in [0.1, 0.15) is 29.3 Å². The summed E-state index contributed by atoms with van der Waals surface area (Å²) in [5.74, 6) is -0.0345. The van der Waals surface area contributed by atoms with Crippen molar-refractivity contribution in [3.05, 3.63) is 83.9 Å². The lowest BCUT2D eigenvalue weighted by molar-refractivity contribution is -0.123. The number of hydrazine groups is 1. The van der Waals surface area contributed by atoms with Crippen LogP contribution in [0.1, 0.15) is 52.5 Å². The zero-order valence-corrected chi connectivity index (χ0v) is 26.6. The molecule has 3 amide bonds. The highest BCUT2D eigenvalue weighted by molar-refractivity contribution is 6.44. The molecule has 1 aromatic rings. The highest BCUT2D eigenvalue weighted by atomic mass is 16.5. The molecule has 0 spiro atoms. The molecule has 5 N–H and O–H groups in total. The Morgan fingerprint density at radius 3 is 2.71 bits per heavy atom. The number of aliphatic hydroxyl groups is 1. The van der Waals surface area contributed by atoms with Crippen molar-refractivity contribution in [3.63, 3.8) is 0 Å². The largest absolute Gasteiger partial charge is 0.479 e. The van der Waals surface area contributed by atoms with E-state index in [2.05, 4.69) is 32.9 Å². The van der Waals surface area contributed by atoms with E-state index in [9.17, 15) is 19.2 Å². The van der Waals surface area contributed by atoms with Gasteiger partial charge in [-0.2, -0.15) is 0 Å². The zero-order valence-electron chi connectivity index (χ0n) is 26.6. The molecule has 1 aromatic carbocycles. The molecule has 12 heteroatoms. The lowest BCUT2D eigenvalue weighted by Crippen LogP contribution is -2.45. The van der Waals surface area contributed by atoms with Gasteiger partial charge in [-0.1, -0.05) is 56.4 Å². The zero-order chi connectivity index (χ0) is 33.4. The van der Waals surface area contributed by atoms with Crippen LogP contribution in [-0.2, 0) is 25.7 Å². The number of ether oxygens (including phenoxy) is 1. The molecular formula is C33H44N6O6. The Morgan fingerprint density at radius 2 is 2.00 bits per heavy atom. The highest BCUT2D eigenvalue weighted by Gasteiger charge is 2.31. The monoisotopic (exact) mass is 620 g/mol. The standard InChI is InChI=1S/C30H34N6O5.C2H6.CH4O/c1-4-9-19(2)22(10-7-5-6-8-15-37)34-30(40)25-17-24(33-27-13-14-32-36(25)27)29(39)31-18-21-11-12-26-23(16-21)35-28(38)20(3)41-26;2*1-2/h4-6,9,11-13,15-17,20,22,32H,1,7-8,10,14,18H2,2-3H3,(H,31,39)(H,34,40)(H,35,38);1-2H3;2H,1H3/b6-5+,19-9+;;. The van der Waals surface area contributed by atoms with Crippen molar-refractivity contribution in [1.82, 2.24) is 21.1 Å². The molecule has 2 atom stereocenters. The third-order valence-corrected chi connectivity index (χ3v) is 6.66. The number of allylic oxidation sites excluding steroid dienone is 4. The minimum absolute atomic E-state index is 0.0940. The van der Waals surface area contributed by atoms with E-state index in [1.807, 2.05) is 32.9 Å². The fraction of sp³-hybridized carbons (Fsp3) is 0.364. The van der Waals surface area contributed by atoms with E-state index < -0.39 is 12.0 Å². The van der Waals surface area contributed by atoms with Crippen LogP contribution in [0.15, 0.2) is 83.3 Å². The predicted octanol–water partition coefficient (Wildman–Crippen LogP) is 3.20. The van der Waals surface area contributed by atoms with Crippen LogP contribution in [0.3, 0.4) is 0 Å². The number of hydrogen-bond donors (Lipinski definition) is 5. The average molecular weight is 621 g/mol. The quantitative estimate of drug-likeness (QED) is 0.135. The van der Waals surface area contributed by atoms with Crippen molar-refractivity contribution in [2.24, 2.45) is 4.99 Å². The van der Waals surface area contributed by atoms with Crippen LogP contribution >= 0.6 is 0 Å². The van der Waals surface area contributed by atoms with Gasteiger partial charge in [0.05, 0.1) is 11.7 Å². The van der Waals surface area contributed by atoms with Gasteiger partial charge in [-0.05, 0) is 50.5 Å². The first-order valence-corrected chi connectivity index (χ1v) is 14.9. The molecule has 2 unspecified atom stereocenters. The Labute approximate surface area is 264 Å². The normalized spacial score (nSPS) is 17.2. The van der Waals surface area contributed by atoms with Crippen LogP contribution in [-0.4, -0.2) is 65.6 Å². The number of benzene rings is 1. The molecule has 3 aliphatic heterocycles. The third kappa shape index (κ3) is 10.1. The van der Waals surface area contributed by atoms with Crippen LogP contribution in [0.2, 0.25) is 0 Å². The SMILES string of the molecule is C=C/C=C(\C)C(CC/C=C/CC=O)NC(=O)C1=CC(C(=O)NCc2ccc3c(c2)NC(=O)C(C)O3)=NC2=CCNN21.CC.CO. The Hall–Kier alpha value is -4.81. The number of fused-ring (bicyclic) bond motifs is 2. The minimum Gasteiger partial charge on any atom is -0.479 e.